The first kappa shape index (κ1) is 16.6. The van der Waals surface area contributed by atoms with Crippen LogP contribution in [0.4, 0.5) is 0 Å². The van der Waals surface area contributed by atoms with Crippen molar-refractivity contribution in [3.63, 3.8) is 0 Å². The lowest BCUT2D eigenvalue weighted by molar-refractivity contribution is 0.281. The number of nitrogens with zero attached hydrogens (tertiary/aromatic N) is 1. The van der Waals surface area contributed by atoms with Crippen molar-refractivity contribution >= 4 is 9.84 Å². The van der Waals surface area contributed by atoms with Crippen molar-refractivity contribution in [2.75, 3.05) is 25.1 Å². The molecule has 0 saturated carbocycles. The molecule has 0 amide bonds. The lowest BCUT2D eigenvalue weighted by atomic mass is 9.87. The number of likely N-dealkylation sites (tertiary alicyclic amines) is 1. The maximum absolute atomic E-state index is 11.7. The molecule has 3 aliphatic rings. The summed E-state index contributed by atoms with van der Waals surface area (Å²) >= 11 is 0. The highest BCUT2D eigenvalue weighted by Crippen LogP contribution is 2.41. The fourth-order valence-electron chi connectivity index (χ4n) is 5.03. The largest absolute Gasteiger partial charge is 0.303 e. The smallest absolute Gasteiger partial charge is 0.150 e. The first-order chi connectivity index (χ1) is 11.5. The van der Waals surface area contributed by atoms with Gasteiger partial charge in [-0.25, -0.2) is 8.42 Å². The zero-order valence-electron chi connectivity index (χ0n) is 14.7. The minimum atomic E-state index is -2.77. The molecule has 4 rings (SSSR count). The van der Waals surface area contributed by atoms with E-state index in [4.69, 9.17) is 0 Å². The Morgan fingerprint density at radius 3 is 2.62 bits per heavy atom. The molecule has 2 fully saturated rings. The van der Waals surface area contributed by atoms with Gasteiger partial charge in [0.15, 0.2) is 0 Å². The maximum atomic E-state index is 11.7. The Bertz CT molecular complexity index is 698. The van der Waals surface area contributed by atoms with Crippen LogP contribution in [-0.4, -0.2) is 44.5 Å². The summed E-state index contributed by atoms with van der Waals surface area (Å²) < 4.78 is 23.4. The van der Waals surface area contributed by atoms with Crippen molar-refractivity contribution in [3.8, 4) is 0 Å². The van der Waals surface area contributed by atoms with Crippen LogP contribution in [0.3, 0.4) is 0 Å². The van der Waals surface area contributed by atoms with Gasteiger partial charge in [-0.1, -0.05) is 18.2 Å². The number of hydrogen-bond acceptors (Lipinski definition) is 3. The summed E-state index contributed by atoms with van der Waals surface area (Å²) in [5, 5.41) is 0. The number of aryl methyl sites for hydroxylation is 1. The second kappa shape index (κ2) is 6.45. The van der Waals surface area contributed by atoms with Crippen molar-refractivity contribution in [2.24, 2.45) is 0 Å². The summed E-state index contributed by atoms with van der Waals surface area (Å²) in [7, 11) is -0.503. The van der Waals surface area contributed by atoms with Gasteiger partial charge in [-0.2, -0.15) is 0 Å². The fourth-order valence-corrected chi connectivity index (χ4v) is 6.53. The number of rotatable bonds is 3. The van der Waals surface area contributed by atoms with Crippen LogP contribution in [0, 0.1) is 0 Å². The first-order valence-corrected chi connectivity index (χ1v) is 11.4. The fraction of sp³-hybridized carbons (Fsp3) is 0.700. The monoisotopic (exact) mass is 347 g/mol. The van der Waals surface area contributed by atoms with Crippen LogP contribution in [0.5, 0.6) is 0 Å². The van der Waals surface area contributed by atoms with Gasteiger partial charge in [-0.15, -0.1) is 0 Å². The minimum absolute atomic E-state index is 0.366. The predicted molar refractivity (Wildman–Crippen MR) is 98.4 cm³/mol. The molecule has 0 N–H and O–H groups in total. The van der Waals surface area contributed by atoms with E-state index < -0.39 is 9.84 Å². The zero-order valence-corrected chi connectivity index (χ0v) is 15.5. The third kappa shape index (κ3) is 3.28. The first-order valence-electron chi connectivity index (χ1n) is 9.55. The lowest BCUT2D eigenvalue weighted by Gasteiger charge is -2.25. The standard InChI is InChI=1S/C20H29NO2S/c1-21-10-2-3-19(21)13-18-7-5-16-4-6-17(14-20(16)18)15-8-11-24(22,23)12-9-15/h4,6,14-15,18-19H,2-3,5,7-13H2,1H3/t18?,19-/m1/s1. The maximum Gasteiger partial charge on any atom is 0.150 e. The van der Waals surface area contributed by atoms with E-state index in [1.54, 1.807) is 5.56 Å². The van der Waals surface area contributed by atoms with Crippen molar-refractivity contribution in [3.05, 3.63) is 34.9 Å². The van der Waals surface area contributed by atoms with Crippen molar-refractivity contribution in [1.29, 1.82) is 0 Å². The van der Waals surface area contributed by atoms with Crippen LogP contribution in [0.2, 0.25) is 0 Å². The zero-order chi connectivity index (χ0) is 16.7. The van der Waals surface area contributed by atoms with Gasteiger partial charge in [0, 0.05) is 6.04 Å². The molecule has 1 aromatic carbocycles. The molecule has 0 radical (unpaired) electrons. The van der Waals surface area contributed by atoms with Gasteiger partial charge >= 0.3 is 0 Å². The van der Waals surface area contributed by atoms with Crippen LogP contribution in [0.25, 0.3) is 0 Å². The highest BCUT2D eigenvalue weighted by atomic mass is 32.2. The third-order valence-electron chi connectivity index (χ3n) is 6.63. The van der Waals surface area contributed by atoms with Crippen LogP contribution < -0.4 is 0 Å². The molecule has 24 heavy (non-hydrogen) atoms. The summed E-state index contributed by atoms with van der Waals surface area (Å²) in [6.07, 6.45) is 8.11. The van der Waals surface area contributed by atoms with Crippen LogP contribution >= 0.6 is 0 Å². The second-order valence-electron chi connectivity index (χ2n) is 8.13. The van der Waals surface area contributed by atoms with Gasteiger partial charge in [0.25, 0.3) is 0 Å². The van der Waals surface area contributed by atoms with E-state index in [9.17, 15) is 8.42 Å². The van der Waals surface area contributed by atoms with Crippen LogP contribution in [0.15, 0.2) is 18.2 Å². The van der Waals surface area contributed by atoms with Crippen LogP contribution in [-0.2, 0) is 16.3 Å². The highest BCUT2D eigenvalue weighted by molar-refractivity contribution is 7.91. The average molecular weight is 348 g/mol. The van der Waals surface area contributed by atoms with Crippen molar-refractivity contribution < 1.29 is 8.42 Å². The van der Waals surface area contributed by atoms with Gasteiger partial charge in [0.05, 0.1) is 11.5 Å². The molecule has 132 valence electrons. The highest BCUT2D eigenvalue weighted by Gasteiger charge is 2.31. The molecular formula is C20H29NO2S. The molecule has 1 unspecified atom stereocenters. The Morgan fingerprint density at radius 2 is 1.92 bits per heavy atom. The Morgan fingerprint density at radius 1 is 1.12 bits per heavy atom. The van der Waals surface area contributed by atoms with Gasteiger partial charge in [0.2, 0.25) is 0 Å². The molecule has 1 aromatic rings. The molecule has 3 nitrogen and oxygen atoms in total. The summed E-state index contributed by atoms with van der Waals surface area (Å²) in [6.45, 7) is 1.25. The van der Waals surface area contributed by atoms with Crippen LogP contribution in [0.1, 0.15) is 67.1 Å². The third-order valence-corrected chi connectivity index (χ3v) is 8.34. The Balaban J connectivity index is 1.51. The minimum Gasteiger partial charge on any atom is -0.303 e. The Kier molecular flexibility index (Phi) is 4.46. The normalized spacial score (nSPS) is 30.5. The number of sulfone groups is 1. The quantitative estimate of drug-likeness (QED) is 0.840. The summed E-state index contributed by atoms with van der Waals surface area (Å²) in [5.74, 6) is 1.88. The molecule has 2 heterocycles. The predicted octanol–water partition coefficient (Wildman–Crippen LogP) is 3.49. The summed E-state index contributed by atoms with van der Waals surface area (Å²) in [6, 6.07) is 7.78. The topological polar surface area (TPSA) is 37.4 Å². The molecule has 1 aliphatic carbocycles. The van der Waals surface area contributed by atoms with E-state index >= 15 is 0 Å². The SMILES string of the molecule is CN1CCC[C@@H]1CC1CCc2ccc(C3CCS(=O)(=O)CC3)cc21. The summed E-state index contributed by atoms with van der Waals surface area (Å²) in [5.41, 5.74) is 4.49. The second-order valence-corrected chi connectivity index (χ2v) is 10.4. The molecule has 0 aromatic heterocycles. The summed E-state index contributed by atoms with van der Waals surface area (Å²) in [4.78, 5) is 2.54. The van der Waals surface area contributed by atoms with E-state index in [0.29, 0.717) is 23.3 Å². The van der Waals surface area contributed by atoms with Gasteiger partial charge in [-0.05, 0) is 87.1 Å². The lowest BCUT2D eigenvalue weighted by Crippen LogP contribution is -2.26. The van der Waals surface area contributed by atoms with E-state index in [2.05, 4.69) is 30.1 Å². The number of benzene rings is 1. The van der Waals surface area contributed by atoms with Gasteiger partial charge in [-0.3, -0.25) is 0 Å². The van der Waals surface area contributed by atoms with Crippen molar-refractivity contribution in [2.45, 2.75) is 62.8 Å². The molecular weight excluding hydrogens is 318 g/mol. The van der Waals surface area contributed by atoms with E-state index in [-0.39, 0.29) is 0 Å². The number of hydrogen-bond donors (Lipinski definition) is 0. The molecule has 0 spiro atoms. The molecule has 2 aliphatic heterocycles. The van der Waals surface area contributed by atoms with Crippen molar-refractivity contribution in [1.82, 2.24) is 4.90 Å². The van der Waals surface area contributed by atoms with E-state index in [1.807, 2.05) is 0 Å². The molecule has 2 saturated heterocycles. The van der Waals surface area contributed by atoms with Gasteiger partial charge in [0.1, 0.15) is 9.84 Å². The molecule has 2 atom stereocenters. The van der Waals surface area contributed by atoms with E-state index in [1.165, 1.54) is 49.8 Å². The average Bonchev–Trinajstić information content (AvgIpc) is 3.14. The Hall–Kier alpha value is -0.870. The van der Waals surface area contributed by atoms with Gasteiger partial charge < -0.3 is 4.90 Å². The van der Waals surface area contributed by atoms with E-state index in [0.717, 1.165) is 18.9 Å². The Labute approximate surface area is 146 Å². The molecule has 4 heteroatoms. The number of fused-ring (bicyclic) bond motifs is 1. The molecule has 0 bridgehead atoms.